The minimum Gasteiger partial charge on any atom is -0.394 e. The van der Waals surface area contributed by atoms with Gasteiger partial charge in [-0.05, 0) is 18.6 Å². The number of para-hydroxylation sites is 1. The lowest BCUT2D eigenvalue weighted by atomic mass is 10.1. The number of rotatable bonds is 5. The molecule has 0 aliphatic carbocycles. The molecule has 10 heteroatoms. The molecule has 0 amide bonds. The van der Waals surface area contributed by atoms with Crippen molar-refractivity contribution in [3.8, 4) is 5.13 Å². The molecule has 0 atom stereocenters. The van der Waals surface area contributed by atoms with Gasteiger partial charge in [-0.15, -0.1) is 0 Å². The van der Waals surface area contributed by atoms with E-state index < -0.39 is 23.0 Å². The molecule has 26 heavy (non-hydrogen) atoms. The summed E-state index contributed by atoms with van der Waals surface area (Å²) in [6.07, 6.45) is -4.64. The fraction of sp³-hybridized carbons (Fsp3) is 0.312. The Morgan fingerprint density at radius 2 is 2.12 bits per heavy atom. The molecule has 0 fully saturated rings. The maximum atomic E-state index is 13.5. The highest BCUT2D eigenvalue weighted by atomic mass is 32.1. The van der Waals surface area contributed by atoms with Gasteiger partial charge in [-0.1, -0.05) is 30.4 Å². The molecule has 0 bridgehead atoms. The third kappa shape index (κ3) is 3.29. The number of nitrogens with zero attached hydrogens (tertiary/aromatic N) is 3. The number of hydrogen-bond donors (Lipinski definition) is 2. The molecule has 3 aromatic rings. The molecule has 0 saturated heterocycles. The lowest BCUT2D eigenvalue weighted by molar-refractivity contribution is -0.141. The summed E-state index contributed by atoms with van der Waals surface area (Å²) in [7, 11) is 0. The fourth-order valence-corrected chi connectivity index (χ4v) is 3.48. The Hall–Kier alpha value is -2.46. The standard InChI is InChI=1S/C16H15F3N4O2S/c1-2-9(20-7-8-24)12-13(16(17,18)19)22-23(14(12)25)15-21-10-5-3-4-6-11(10)26-15/h3-6,22,24H,2,7-8H2,1H3. The van der Waals surface area contributed by atoms with E-state index in [0.29, 0.717) is 5.52 Å². The monoisotopic (exact) mass is 384 g/mol. The normalized spacial score (nSPS) is 12.9. The Balaban J connectivity index is 2.23. The molecule has 3 rings (SSSR count). The van der Waals surface area contributed by atoms with Crippen molar-refractivity contribution >= 4 is 27.3 Å². The topological polar surface area (TPSA) is 83.3 Å². The first-order chi connectivity index (χ1) is 12.4. The van der Waals surface area contributed by atoms with Gasteiger partial charge in [0, 0.05) is 5.71 Å². The van der Waals surface area contributed by atoms with Gasteiger partial charge in [0.25, 0.3) is 5.56 Å². The van der Waals surface area contributed by atoms with Crippen LogP contribution in [0.15, 0.2) is 34.1 Å². The summed E-state index contributed by atoms with van der Waals surface area (Å²) < 4.78 is 42.0. The Labute approximate surface area is 149 Å². The number of aromatic amines is 1. The molecular weight excluding hydrogens is 369 g/mol. The molecule has 0 aliphatic rings. The summed E-state index contributed by atoms with van der Waals surface area (Å²) in [6, 6.07) is 7.03. The van der Waals surface area contributed by atoms with Crippen LogP contribution in [-0.2, 0) is 6.18 Å². The van der Waals surface area contributed by atoms with Crippen LogP contribution in [0.3, 0.4) is 0 Å². The van der Waals surface area contributed by atoms with E-state index in [2.05, 4.69) is 15.1 Å². The van der Waals surface area contributed by atoms with Crippen molar-refractivity contribution in [1.29, 1.82) is 0 Å². The first-order valence-electron chi connectivity index (χ1n) is 7.79. The molecule has 0 radical (unpaired) electrons. The van der Waals surface area contributed by atoms with Gasteiger partial charge in [0.1, 0.15) is 0 Å². The molecule has 0 spiro atoms. The number of hydrogen-bond acceptors (Lipinski definition) is 5. The zero-order chi connectivity index (χ0) is 18.9. The van der Waals surface area contributed by atoms with Crippen LogP contribution >= 0.6 is 11.3 Å². The number of nitrogens with one attached hydrogen (secondary N) is 1. The van der Waals surface area contributed by atoms with E-state index >= 15 is 0 Å². The van der Waals surface area contributed by atoms with Crippen LogP contribution in [0.25, 0.3) is 15.3 Å². The highest BCUT2D eigenvalue weighted by Gasteiger charge is 2.39. The van der Waals surface area contributed by atoms with Crippen molar-refractivity contribution in [3.63, 3.8) is 0 Å². The molecule has 0 aliphatic heterocycles. The van der Waals surface area contributed by atoms with Crippen molar-refractivity contribution < 1.29 is 18.3 Å². The van der Waals surface area contributed by atoms with Gasteiger partial charge in [0.15, 0.2) is 5.69 Å². The summed E-state index contributed by atoms with van der Waals surface area (Å²) in [6.45, 7) is 1.21. The third-order valence-corrected chi connectivity index (χ3v) is 4.70. The van der Waals surface area contributed by atoms with Crippen LogP contribution in [0.4, 0.5) is 13.2 Å². The van der Waals surface area contributed by atoms with E-state index in [1.54, 1.807) is 31.2 Å². The van der Waals surface area contributed by atoms with Crippen LogP contribution in [0, 0.1) is 0 Å². The minimum absolute atomic E-state index is 0.00696. The second-order valence-corrected chi connectivity index (χ2v) is 6.38. The zero-order valence-electron chi connectivity index (χ0n) is 13.7. The van der Waals surface area contributed by atoms with E-state index in [4.69, 9.17) is 5.11 Å². The summed E-state index contributed by atoms with van der Waals surface area (Å²) in [5.41, 5.74) is -1.98. The molecule has 0 saturated carbocycles. The predicted octanol–water partition coefficient (Wildman–Crippen LogP) is 2.99. The largest absolute Gasteiger partial charge is 0.433 e. The number of benzene rings is 1. The number of aliphatic hydroxyl groups is 1. The number of alkyl halides is 3. The lowest BCUT2D eigenvalue weighted by Gasteiger charge is -2.07. The van der Waals surface area contributed by atoms with Crippen LogP contribution in [0.1, 0.15) is 24.6 Å². The Bertz CT molecular complexity index is 984. The summed E-state index contributed by atoms with van der Waals surface area (Å²) in [4.78, 5) is 20.9. The second-order valence-electron chi connectivity index (χ2n) is 5.37. The van der Waals surface area contributed by atoms with Gasteiger partial charge in [0.05, 0.1) is 28.9 Å². The SMILES string of the molecule is CCC(=NCCO)c1c(C(F)(F)F)[nH]n(-c2nc3ccccc3s2)c1=O. The maximum absolute atomic E-state index is 13.5. The Morgan fingerprint density at radius 1 is 1.38 bits per heavy atom. The van der Waals surface area contributed by atoms with Crippen molar-refractivity contribution in [2.75, 3.05) is 13.2 Å². The van der Waals surface area contributed by atoms with Crippen LogP contribution in [0.2, 0.25) is 0 Å². The number of halogens is 3. The van der Waals surface area contributed by atoms with Crippen LogP contribution < -0.4 is 5.56 Å². The first-order valence-corrected chi connectivity index (χ1v) is 8.61. The van der Waals surface area contributed by atoms with Gasteiger partial charge in [-0.25, -0.2) is 4.98 Å². The van der Waals surface area contributed by atoms with Crippen LogP contribution in [0.5, 0.6) is 0 Å². The summed E-state index contributed by atoms with van der Waals surface area (Å²) >= 11 is 1.11. The van der Waals surface area contributed by atoms with E-state index in [0.717, 1.165) is 20.7 Å². The molecule has 2 heterocycles. The molecule has 0 unspecified atom stereocenters. The Morgan fingerprint density at radius 3 is 2.73 bits per heavy atom. The summed E-state index contributed by atoms with van der Waals surface area (Å²) in [5, 5.41) is 11.1. The number of aliphatic hydroxyl groups excluding tert-OH is 1. The number of aliphatic imine (C=N–C) groups is 1. The highest BCUT2D eigenvalue weighted by molar-refractivity contribution is 7.20. The maximum Gasteiger partial charge on any atom is 0.433 e. The van der Waals surface area contributed by atoms with E-state index in [-0.39, 0.29) is 30.4 Å². The van der Waals surface area contributed by atoms with Crippen molar-refractivity contribution in [1.82, 2.24) is 14.8 Å². The van der Waals surface area contributed by atoms with Gasteiger partial charge in [0.2, 0.25) is 5.13 Å². The van der Waals surface area contributed by atoms with E-state index in [9.17, 15) is 18.0 Å². The van der Waals surface area contributed by atoms with E-state index in [1.807, 2.05) is 0 Å². The van der Waals surface area contributed by atoms with Gasteiger partial charge < -0.3 is 5.11 Å². The van der Waals surface area contributed by atoms with Crippen molar-refractivity contribution in [2.45, 2.75) is 19.5 Å². The minimum atomic E-state index is -4.76. The molecule has 2 aromatic heterocycles. The molecular formula is C16H15F3N4O2S. The smallest absolute Gasteiger partial charge is 0.394 e. The summed E-state index contributed by atoms with van der Waals surface area (Å²) in [5.74, 6) is 0. The molecule has 2 N–H and O–H groups in total. The lowest BCUT2D eigenvalue weighted by Crippen LogP contribution is -2.22. The van der Waals surface area contributed by atoms with Gasteiger partial charge >= 0.3 is 6.18 Å². The van der Waals surface area contributed by atoms with Crippen molar-refractivity contribution in [2.24, 2.45) is 4.99 Å². The zero-order valence-corrected chi connectivity index (χ0v) is 14.5. The average Bonchev–Trinajstić information content (AvgIpc) is 3.16. The number of aromatic nitrogens is 3. The van der Waals surface area contributed by atoms with Gasteiger partial charge in [-0.2, -0.15) is 17.9 Å². The number of thiazole rings is 1. The molecule has 138 valence electrons. The highest BCUT2D eigenvalue weighted by Crippen LogP contribution is 2.31. The number of H-pyrrole nitrogens is 1. The van der Waals surface area contributed by atoms with Crippen molar-refractivity contribution in [3.05, 3.63) is 45.9 Å². The molecule has 6 nitrogen and oxygen atoms in total. The van der Waals surface area contributed by atoms with Gasteiger partial charge in [-0.3, -0.25) is 14.9 Å². The number of fused-ring (bicyclic) bond motifs is 1. The van der Waals surface area contributed by atoms with Crippen LogP contribution in [-0.4, -0.2) is 38.7 Å². The van der Waals surface area contributed by atoms with E-state index in [1.165, 1.54) is 0 Å². The molecule has 1 aromatic carbocycles. The third-order valence-electron chi connectivity index (χ3n) is 3.67. The predicted molar refractivity (Wildman–Crippen MR) is 93.4 cm³/mol. The second kappa shape index (κ2) is 7.04. The fourth-order valence-electron chi connectivity index (χ4n) is 2.55. The average molecular weight is 384 g/mol. The quantitative estimate of drug-likeness (QED) is 0.664. The Kier molecular flexibility index (Phi) is 4.97. The first kappa shape index (κ1) is 18.3.